The van der Waals surface area contributed by atoms with Crippen LogP contribution in [-0.2, 0) is 19.6 Å². The number of nitrogens with two attached hydrogens (primary N) is 1. The molecule has 1 fully saturated rings. The van der Waals surface area contributed by atoms with Crippen LogP contribution in [0.3, 0.4) is 0 Å². The first-order valence-corrected chi connectivity index (χ1v) is 6.40. The molecule has 0 amide bonds. The smallest absolute Gasteiger partial charge is 0.307 e. The molecule has 0 aromatic rings. The second-order valence-electron chi connectivity index (χ2n) is 3.66. The minimum atomic E-state index is -3.62. The van der Waals surface area contributed by atoms with Gasteiger partial charge in [0.2, 0.25) is 10.0 Å². The van der Waals surface area contributed by atoms with Gasteiger partial charge in [-0.2, -0.15) is 0 Å². The molecule has 1 rings (SSSR count). The van der Waals surface area contributed by atoms with E-state index < -0.39 is 33.1 Å². The molecule has 0 saturated carbocycles. The van der Waals surface area contributed by atoms with Crippen LogP contribution in [0.4, 0.5) is 0 Å². The standard InChI is InChI=1S/C6H12N2O4S.C2H4O2/c7-13(11,12)5-1-4(6(9)10)2-8-3-5;1-2(3)4/h4-5,8H,1-3H2,(H,9,10)(H2,7,11,12);1H3,(H,3,4). The summed E-state index contributed by atoms with van der Waals surface area (Å²) in [5.41, 5.74) is 0. The summed E-state index contributed by atoms with van der Waals surface area (Å²) in [6.07, 6.45) is 0.0984. The van der Waals surface area contributed by atoms with E-state index in [0.717, 1.165) is 6.92 Å². The van der Waals surface area contributed by atoms with Gasteiger partial charge in [-0.3, -0.25) is 9.59 Å². The largest absolute Gasteiger partial charge is 0.481 e. The summed E-state index contributed by atoms with van der Waals surface area (Å²) >= 11 is 0. The quantitative estimate of drug-likeness (QED) is 0.473. The molecule has 0 spiro atoms. The van der Waals surface area contributed by atoms with Crippen molar-refractivity contribution in [3.05, 3.63) is 0 Å². The fourth-order valence-electron chi connectivity index (χ4n) is 1.34. The molecule has 100 valence electrons. The molecule has 5 N–H and O–H groups in total. The third kappa shape index (κ3) is 6.87. The van der Waals surface area contributed by atoms with Crippen LogP contribution in [0.5, 0.6) is 0 Å². The Bertz CT molecular complexity index is 375. The molecule has 1 heterocycles. The number of carbonyl (C=O) groups is 2. The van der Waals surface area contributed by atoms with E-state index in [4.69, 9.17) is 20.1 Å². The van der Waals surface area contributed by atoms with Gasteiger partial charge in [0.05, 0.1) is 11.2 Å². The van der Waals surface area contributed by atoms with E-state index in [2.05, 4.69) is 5.32 Å². The Labute approximate surface area is 98.9 Å². The zero-order valence-electron chi connectivity index (χ0n) is 9.29. The lowest BCUT2D eigenvalue weighted by molar-refractivity contribution is -0.142. The monoisotopic (exact) mass is 268 g/mol. The molecule has 2 atom stereocenters. The Hall–Kier alpha value is -1.19. The number of rotatable bonds is 2. The second kappa shape index (κ2) is 6.52. The van der Waals surface area contributed by atoms with Gasteiger partial charge >= 0.3 is 5.97 Å². The summed E-state index contributed by atoms with van der Waals surface area (Å²) in [6.45, 7) is 1.63. The molecule has 2 unspecified atom stereocenters. The second-order valence-corrected chi connectivity index (χ2v) is 5.50. The predicted molar refractivity (Wildman–Crippen MR) is 58.8 cm³/mol. The van der Waals surface area contributed by atoms with Crippen molar-refractivity contribution in [1.29, 1.82) is 0 Å². The Balaban J connectivity index is 0.000000557. The lowest BCUT2D eigenvalue weighted by atomic mass is 10.00. The normalized spacial score (nSPS) is 24.4. The van der Waals surface area contributed by atoms with Crippen molar-refractivity contribution in [3.8, 4) is 0 Å². The van der Waals surface area contributed by atoms with E-state index >= 15 is 0 Å². The summed E-state index contributed by atoms with van der Waals surface area (Å²) in [5, 5.41) is 22.9. The van der Waals surface area contributed by atoms with Gasteiger partial charge in [0.1, 0.15) is 0 Å². The van der Waals surface area contributed by atoms with E-state index in [1.54, 1.807) is 0 Å². The highest BCUT2D eigenvalue weighted by Crippen LogP contribution is 2.15. The number of carboxylic acid groups (broad SMARTS) is 2. The van der Waals surface area contributed by atoms with Gasteiger partial charge in [-0.25, -0.2) is 13.6 Å². The van der Waals surface area contributed by atoms with Crippen LogP contribution in [0.1, 0.15) is 13.3 Å². The van der Waals surface area contributed by atoms with Crippen molar-refractivity contribution < 1.29 is 28.2 Å². The van der Waals surface area contributed by atoms with Crippen LogP contribution in [0.2, 0.25) is 0 Å². The van der Waals surface area contributed by atoms with Crippen molar-refractivity contribution in [2.45, 2.75) is 18.6 Å². The first-order chi connectivity index (χ1) is 7.64. The number of carboxylic acids is 2. The van der Waals surface area contributed by atoms with Crippen molar-refractivity contribution in [1.82, 2.24) is 5.32 Å². The average Bonchev–Trinajstić information content (AvgIpc) is 2.15. The van der Waals surface area contributed by atoms with Crippen LogP contribution in [0.25, 0.3) is 0 Å². The number of aliphatic carboxylic acids is 2. The minimum absolute atomic E-state index is 0.0984. The molecule has 1 saturated heterocycles. The highest BCUT2D eigenvalue weighted by atomic mass is 32.2. The number of primary sulfonamides is 1. The maximum absolute atomic E-state index is 10.9. The van der Waals surface area contributed by atoms with Gasteiger partial charge in [0.15, 0.2) is 0 Å². The molecule has 8 nitrogen and oxygen atoms in total. The molecule has 0 aromatic carbocycles. The number of piperidine rings is 1. The summed E-state index contributed by atoms with van der Waals surface area (Å²) in [7, 11) is -3.62. The van der Waals surface area contributed by atoms with E-state index in [0.29, 0.717) is 6.54 Å². The molecule has 1 aliphatic heterocycles. The molecule has 0 aromatic heterocycles. The van der Waals surface area contributed by atoms with Crippen LogP contribution in [0, 0.1) is 5.92 Å². The van der Waals surface area contributed by atoms with Crippen LogP contribution < -0.4 is 10.5 Å². The molecule has 0 aliphatic carbocycles. The van der Waals surface area contributed by atoms with Crippen LogP contribution >= 0.6 is 0 Å². The number of hydrogen-bond acceptors (Lipinski definition) is 5. The Morgan fingerprint density at radius 1 is 1.29 bits per heavy atom. The fourth-order valence-corrected chi connectivity index (χ4v) is 2.19. The Morgan fingerprint density at radius 2 is 1.76 bits per heavy atom. The van der Waals surface area contributed by atoms with Gasteiger partial charge in [0.25, 0.3) is 5.97 Å². The highest BCUT2D eigenvalue weighted by Gasteiger charge is 2.32. The molecule has 9 heteroatoms. The third-order valence-electron chi connectivity index (χ3n) is 2.12. The summed E-state index contributed by atoms with van der Waals surface area (Å²) in [4.78, 5) is 19.6. The number of hydrogen-bond donors (Lipinski definition) is 4. The van der Waals surface area contributed by atoms with Crippen molar-refractivity contribution in [2.75, 3.05) is 13.1 Å². The highest BCUT2D eigenvalue weighted by molar-refractivity contribution is 7.89. The summed E-state index contributed by atoms with van der Waals surface area (Å²) in [6, 6.07) is 0. The molecular formula is C8H16N2O6S. The van der Waals surface area contributed by atoms with Gasteiger partial charge in [-0.15, -0.1) is 0 Å². The van der Waals surface area contributed by atoms with Crippen molar-refractivity contribution in [3.63, 3.8) is 0 Å². The fraction of sp³-hybridized carbons (Fsp3) is 0.750. The van der Waals surface area contributed by atoms with Gasteiger partial charge in [0, 0.05) is 20.0 Å². The first-order valence-electron chi connectivity index (χ1n) is 4.79. The minimum Gasteiger partial charge on any atom is -0.481 e. The van der Waals surface area contributed by atoms with E-state index in [1.165, 1.54) is 0 Å². The molecule has 1 aliphatic rings. The SMILES string of the molecule is CC(=O)O.NS(=O)(=O)C1CNCC(C(=O)O)C1. The average molecular weight is 268 g/mol. The molecular weight excluding hydrogens is 252 g/mol. The Morgan fingerprint density at radius 3 is 2.12 bits per heavy atom. The Kier molecular flexibility index (Phi) is 6.07. The molecule has 17 heavy (non-hydrogen) atoms. The van der Waals surface area contributed by atoms with Gasteiger partial charge in [-0.1, -0.05) is 0 Å². The number of sulfonamides is 1. The summed E-state index contributed by atoms with van der Waals surface area (Å²) in [5.74, 6) is -2.47. The molecule has 0 radical (unpaired) electrons. The zero-order valence-corrected chi connectivity index (χ0v) is 10.1. The lowest BCUT2D eigenvalue weighted by Crippen LogP contribution is -2.47. The lowest BCUT2D eigenvalue weighted by Gasteiger charge is -2.25. The maximum atomic E-state index is 10.9. The zero-order chi connectivity index (χ0) is 13.6. The van der Waals surface area contributed by atoms with Gasteiger partial charge < -0.3 is 15.5 Å². The van der Waals surface area contributed by atoms with Gasteiger partial charge in [-0.05, 0) is 6.42 Å². The predicted octanol–water partition coefficient (Wildman–Crippen LogP) is -1.57. The summed E-state index contributed by atoms with van der Waals surface area (Å²) < 4.78 is 21.8. The van der Waals surface area contributed by atoms with Crippen LogP contribution in [0.15, 0.2) is 0 Å². The van der Waals surface area contributed by atoms with E-state index in [9.17, 15) is 13.2 Å². The van der Waals surface area contributed by atoms with E-state index in [-0.39, 0.29) is 13.0 Å². The van der Waals surface area contributed by atoms with Crippen molar-refractivity contribution in [2.24, 2.45) is 11.1 Å². The number of nitrogens with one attached hydrogen (secondary N) is 1. The first kappa shape index (κ1) is 15.8. The topological polar surface area (TPSA) is 147 Å². The van der Waals surface area contributed by atoms with E-state index in [1.807, 2.05) is 0 Å². The molecule has 0 bridgehead atoms. The van der Waals surface area contributed by atoms with Crippen molar-refractivity contribution >= 4 is 22.0 Å². The van der Waals surface area contributed by atoms with Crippen LogP contribution in [-0.4, -0.2) is 48.9 Å². The third-order valence-corrected chi connectivity index (χ3v) is 3.41. The maximum Gasteiger partial charge on any atom is 0.307 e.